The minimum absolute atomic E-state index is 0.0651. The molecular formula is C9H14N4O. The van der Waals surface area contributed by atoms with Crippen LogP contribution < -0.4 is 16.8 Å². The summed E-state index contributed by atoms with van der Waals surface area (Å²) in [5.74, 6) is 0.237. The molecule has 5 N–H and O–H groups in total. The van der Waals surface area contributed by atoms with Crippen molar-refractivity contribution in [2.75, 3.05) is 11.1 Å². The first-order valence-corrected chi connectivity index (χ1v) is 4.35. The molecule has 76 valence electrons. The smallest absolute Gasteiger partial charge is 0.219 e. The molecule has 0 spiro atoms. The third-order valence-corrected chi connectivity index (χ3v) is 1.73. The number of carbonyl (C=O) groups excluding carboxylic acids is 1. The van der Waals surface area contributed by atoms with Gasteiger partial charge in [-0.1, -0.05) is 0 Å². The van der Waals surface area contributed by atoms with E-state index in [1.54, 1.807) is 18.3 Å². The predicted octanol–water partition coefficient (Wildman–Crippen LogP) is 0.340. The summed E-state index contributed by atoms with van der Waals surface area (Å²) in [6, 6.07) is 3.43. The molecule has 0 aliphatic carbocycles. The number of nitrogen functional groups attached to an aromatic ring is 1. The average molecular weight is 194 g/mol. The van der Waals surface area contributed by atoms with E-state index in [1.165, 1.54) is 0 Å². The fourth-order valence-electron chi connectivity index (χ4n) is 1.12. The van der Waals surface area contributed by atoms with Crippen LogP contribution in [0.25, 0.3) is 0 Å². The van der Waals surface area contributed by atoms with E-state index in [4.69, 9.17) is 11.5 Å². The second kappa shape index (κ2) is 4.45. The molecule has 0 fully saturated rings. The first-order chi connectivity index (χ1) is 6.59. The van der Waals surface area contributed by atoms with Gasteiger partial charge in [0.25, 0.3) is 0 Å². The van der Waals surface area contributed by atoms with Gasteiger partial charge < -0.3 is 16.8 Å². The number of primary amides is 1. The van der Waals surface area contributed by atoms with Crippen molar-refractivity contribution in [3.63, 3.8) is 0 Å². The van der Waals surface area contributed by atoms with Crippen LogP contribution in [0.1, 0.15) is 13.3 Å². The van der Waals surface area contributed by atoms with Crippen LogP contribution >= 0.6 is 0 Å². The Bertz CT molecular complexity index is 326. The summed E-state index contributed by atoms with van der Waals surface area (Å²) in [5, 5.41) is 3.00. The van der Waals surface area contributed by atoms with Crippen molar-refractivity contribution in [2.45, 2.75) is 19.4 Å². The quantitative estimate of drug-likeness (QED) is 0.644. The minimum Gasteiger partial charge on any atom is -0.396 e. The monoisotopic (exact) mass is 194 g/mol. The lowest BCUT2D eigenvalue weighted by Crippen LogP contribution is -2.24. The zero-order chi connectivity index (χ0) is 10.6. The van der Waals surface area contributed by atoms with Gasteiger partial charge >= 0.3 is 0 Å². The zero-order valence-corrected chi connectivity index (χ0v) is 8.03. The highest BCUT2D eigenvalue weighted by atomic mass is 16.1. The first kappa shape index (κ1) is 10.3. The lowest BCUT2D eigenvalue weighted by molar-refractivity contribution is -0.118. The van der Waals surface area contributed by atoms with Gasteiger partial charge in [0.2, 0.25) is 5.91 Å². The minimum atomic E-state index is -0.348. The number of hydrogen-bond donors (Lipinski definition) is 3. The van der Waals surface area contributed by atoms with E-state index in [0.717, 1.165) is 0 Å². The molecule has 0 saturated carbocycles. The molecule has 1 aromatic rings. The van der Waals surface area contributed by atoms with Gasteiger partial charge in [-0.25, -0.2) is 4.98 Å². The highest BCUT2D eigenvalue weighted by Crippen LogP contribution is 2.14. The number of pyridine rings is 1. The van der Waals surface area contributed by atoms with Gasteiger partial charge in [-0.3, -0.25) is 4.79 Å². The number of nitrogens with zero attached hydrogens (tertiary/aromatic N) is 1. The second-order valence-electron chi connectivity index (χ2n) is 3.16. The van der Waals surface area contributed by atoms with Gasteiger partial charge in [0.1, 0.15) is 5.82 Å². The van der Waals surface area contributed by atoms with Crippen LogP contribution in [0.4, 0.5) is 11.5 Å². The molecule has 0 aromatic carbocycles. The summed E-state index contributed by atoms with van der Waals surface area (Å²) in [6.07, 6.45) is 1.89. The van der Waals surface area contributed by atoms with Crippen molar-refractivity contribution in [3.8, 4) is 0 Å². The van der Waals surface area contributed by atoms with Crippen molar-refractivity contribution in [2.24, 2.45) is 5.73 Å². The Kier molecular flexibility index (Phi) is 3.28. The normalized spacial score (nSPS) is 12.1. The summed E-state index contributed by atoms with van der Waals surface area (Å²) >= 11 is 0. The molecular weight excluding hydrogens is 180 g/mol. The van der Waals surface area contributed by atoms with Crippen molar-refractivity contribution < 1.29 is 4.79 Å². The standard InChI is InChI=1S/C9H14N4O/c1-6(5-8(11)14)13-9-7(10)3-2-4-12-9/h2-4,6H,5,10H2,1H3,(H2,11,14)(H,12,13). The molecule has 5 nitrogen and oxygen atoms in total. The van der Waals surface area contributed by atoms with E-state index in [0.29, 0.717) is 11.5 Å². The van der Waals surface area contributed by atoms with E-state index in [9.17, 15) is 4.79 Å². The number of aromatic nitrogens is 1. The van der Waals surface area contributed by atoms with Crippen LogP contribution in [-0.2, 0) is 4.79 Å². The molecule has 1 rings (SSSR count). The maximum absolute atomic E-state index is 10.6. The third-order valence-electron chi connectivity index (χ3n) is 1.73. The predicted molar refractivity (Wildman–Crippen MR) is 55.5 cm³/mol. The highest BCUT2D eigenvalue weighted by Gasteiger charge is 2.07. The van der Waals surface area contributed by atoms with Crippen LogP contribution in [-0.4, -0.2) is 16.9 Å². The molecule has 1 amide bonds. The van der Waals surface area contributed by atoms with Crippen molar-refractivity contribution in [1.29, 1.82) is 0 Å². The summed E-state index contributed by atoms with van der Waals surface area (Å²) in [6.45, 7) is 1.85. The largest absolute Gasteiger partial charge is 0.396 e. The molecule has 14 heavy (non-hydrogen) atoms. The number of nitrogens with two attached hydrogens (primary N) is 2. The molecule has 1 heterocycles. The van der Waals surface area contributed by atoms with Crippen LogP contribution in [0.15, 0.2) is 18.3 Å². The van der Waals surface area contributed by atoms with Crippen molar-refractivity contribution >= 4 is 17.4 Å². The number of nitrogens with one attached hydrogen (secondary N) is 1. The molecule has 0 saturated heterocycles. The number of carbonyl (C=O) groups is 1. The molecule has 1 aromatic heterocycles. The summed E-state index contributed by atoms with van der Waals surface area (Å²) < 4.78 is 0. The Hall–Kier alpha value is -1.78. The molecule has 0 bridgehead atoms. The Morgan fingerprint density at radius 2 is 2.43 bits per heavy atom. The lowest BCUT2D eigenvalue weighted by Gasteiger charge is -2.13. The fourth-order valence-corrected chi connectivity index (χ4v) is 1.12. The number of anilines is 2. The number of amides is 1. The Morgan fingerprint density at radius 1 is 1.71 bits per heavy atom. The molecule has 0 radical (unpaired) electrons. The van der Waals surface area contributed by atoms with Gasteiger partial charge in [0.05, 0.1) is 5.69 Å². The molecule has 0 aliphatic heterocycles. The maximum Gasteiger partial charge on any atom is 0.219 e. The topological polar surface area (TPSA) is 94.0 Å². The van der Waals surface area contributed by atoms with Crippen LogP contribution in [0, 0.1) is 0 Å². The summed E-state index contributed by atoms with van der Waals surface area (Å²) in [7, 11) is 0. The third kappa shape index (κ3) is 2.93. The summed E-state index contributed by atoms with van der Waals surface area (Å²) in [5.41, 5.74) is 11.3. The average Bonchev–Trinajstić information content (AvgIpc) is 2.07. The Balaban J connectivity index is 2.60. The van der Waals surface area contributed by atoms with E-state index in [1.807, 2.05) is 6.92 Å². The van der Waals surface area contributed by atoms with E-state index < -0.39 is 0 Å². The number of hydrogen-bond acceptors (Lipinski definition) is 4. The molecule has 0 aliphatic rings. The zero-order valence-electron chi connectivity index (χ0n) is 8.03. The molecule has 1 unspecified atom stereocenters. The van der Waals surface area contributed by atoms with Crippen molar-refractivity contribution in [3.05, 3.63) is 18.3 Å². The fraction of sp³-hybridized carbons (Fsp3) is 0.333. The van der Waals surface area contributed by atoms with Crippen LogP contribution in [0.2, 0.25) is 0 Å². The summed E-state index contributed by atoms with van der Waals surface area (Å²) in [4.78, 5) is 14.7. The first-order valence-electron chi connectivity index (χ1n) is 4.35. The molecule has 5 heteroatoms. The Morgan fingerprint density at radius 3 is 3.00 bits per heavy atom. The van der Waals surface area contributed by atoms with Gasteiger partial charge in [0.15, 0.2) is 0 Å². The van der Waals surface area contributed by atoms with Gasteiger partial charge in [-0.05, 0) is 19.1 Å². The SMILES string of the molecule is CC(CC(N)=O)Nc1ncccc1N. The van der Waals surface area contributed by atoms with Gasteiger partial charge in [-0.15, -0.1) is 0 Å². The molecule has 1 atom stereocenters. The van der Waals surface area contributed by atoms with Crippen molar-refractivity contribution in [1.82, 2.24) is 4.98 Å². The van der Waals surface area contributed by atoms with Crippen LogP contribution in [0.5, 0.6) is 0 Å². The lowest BCUT2D eigenvalue weighted by atomic mass is 10.2. The van der Waals surface area contributed by atoms with Crippen LogP contribution in [0.3, 0.4) is 0 Å². The van der Waals surface area contributed by atoms with Gasteiger partial charge in [0, 0.05) is 18.7 Å². The van der Waals surface area contributed by atoms with E-state index >= 15 is 0 Å². The maximum atomic E-state index is 10.6. The van der Waals surface area contributed by atoms with Gasteiger partial charge in [-0.2, -0.15) is 0 Å². The van der Waals surface area contributed by atoms with E-state index in [-0.39, 0.29) is 18.4 Å². The number of rotatable bonds is 4. The second-order valence-corrected chi connectivity index (χ2v) is 3.16. The highest BCUT2D eigenvalue weighted by molar-refractivity contribution is 5.75. The van der Waals surface area contributed by atoms with E-state index in [2.05, 4.69) is 10.3 Å². The Labute approximate surface area is 82.5 Å².